The lowest BCUT2D eigenvalue weighted by molar-refractivity contribution is -0.118. The molecular weight excluding hydrogens is 276 g/mol. The van der Waals surface area contributed by atoms with Gasteiger partial charge in [0.25, 0.3) is 5.91 Å². The van der Waals surface area contributed by atoms with Crippen LogP contribution in [0.15, 0.2) is 48.5 Å². The molecule has 0 atom stereocenters. The summed E-state index contributed by atoms with van der Waals surface area (Å²) in [6, 6.07) is 15.5. The molecule has 0 radical (unpaired) electrons. The van der Waals surface area contributed by atoms with E-state index in [1.807, 2.05) is 67.5 Å². The fraction of sp³-hybridized carbons (Fsp3) is 0.278. The van der Waals surface area contributed by atoms with Gasteiger partial charge in [-0.05, 0) is 48.4 Å². The van der Waals surface area contributed by atoms with Gasteiger partial charge in [0.1, 0.15) is 5.75 Å². The summed E-state index contributed by atoms with van der Waals surface area (Å²) >= 11 is 0. The minimum Gasteiger partial charge on any atom is -0.484 e. The normalized spacial score (nSPS) is 10.1. The van der Waals surface area contributed by atoms with Crippen LogP contribution < -0.4 is 15.0 Å². The van der Waals surface area contributed by atoms with E-state index < -0.39 is 0 Å². The van der Waals surface area contributed by atoms with Crippen molar-refractivity contribution in [1.29, 1.82) is 0 Å². The molecule has 0 aliphatic rings. The molecule has 0 saturated carbocycles. The summed E-state index contributed by atoms with van der Waals surface area (Å²) < 4.78 is 5.48. The maximum absolute atomic E-state index is 11.9. The second-order valence-corrected chi connectivity index (χ2v) is 5.28. The van der Waals surface area contributed by atoms with Gasteiger partial charge in [-0.15, -0.1) is 0 Å². The number of anilines is 2. The second kappa shape index (κ2) is 7.50. The zero-order chi connectivity index (χ0) is 15.9. The largest absolute Gasteiger partial charge is 0.484 e. The van der Waals surface area contributed by atoms with Crippen molar-refractivity contribution in [3.8, 4) is 5.75 Å². The topological polar surface area (TPSA) is 41.6 Å². The number of rotatable bonds is 6. The summed E-state index contributed by atoms with van der Waals surface area (Å²) in [5.74, 6) is 0.535. The van der Waals surface area contributed by atoms with Gasteiger partial charge in [-0.1, -0.05) is 19.1 Å². The quantitative estimate of drug-likeness (QED) is 0.889. The highest BCUT2D eigenvalue weighted by Crippen LogP contribution is 2.16. The molecule has 0 fully saturated rings. The molecule has 2 aromatic carbocycles. The highest BCUT2D eigenvalue weighted by atomic mass is 16.5. The predicted octanol–water partition coefficient (Wildman–Crippen LogP) is 3.33. The van der Waals surface area contributed by atoms with E-state index >= 15 is 0 Å². The van der Waals surface area contributed by atoms with Crippen molar-refractivity contribution in [3.05, 3.63) is 54.1 Å². The second-order valence-electron chi connectivity index (χ2n) is 5.28. The van der Waals surface area contributed by atoms with Crippen LogP contribution in [0.3, 0.4) is 0 Å². The molecule has 4 nitrogen and oxygen atoms in total. The molecule has 4 heteroatoms. The third kappa shape index (κ3) is 4.52. The number of nitrogens with zero attached hydrogens (tertiary/aromatic N) is 1. The van der Waals surface area contributed by atoms with Crippen LogP contribution in [0.25, 0.3) is 0 Å². The molecule has 0 aromatic heterocycles. The molecule has 1 N–H and O–H groups in total. The van der Waals surface area contributed by atoms with Crippen molar-refractivity contribution in [2.75, 3.05) is 30.9 Å². The number of benzene rings is 2. The van der Waals surface area contributed by atoms with Crippen LogP contribution in [-0.4, -0.2) is 26.6 Å². The van der Waals surface area contributed by atoms with Gasteiger partial charge in [0.05, 0.1) is 0 Å². The van der Waals surface area contributed by atoms with E-state index in [0.29, 0.717) is 5.75 Å². The molecule has 0 aliphatic heterocycles. The van der Waals surface area contributed by atoms with Crippen LogP contribution in [0.5, 0.6) is 5.75 Å². The summed E-state index contributed by atoms with van der Waals surface area (Å²) in [6.07, 6.45) is 0.990. The summed E-state index contributed by atoms with van der Waals surface area (Å²) in [6.45, 7) is 2.10. The van der Waals surface area contributed by atoms with E-state index in [1.165, 1.54) is 5.56 Å². The first-order valence-electron chi connectivity index (χ1n) is 7.37. The van der Waals surface area contributed by atoms with Crippen LogP contribution in [0.1, 0.15) is 12.5 Å². The van der Waals surface area contributed by atoms with Crippen molar-refractivity contribution in [2.45, 2.75) is 13.3 Å². The van der Waals surface area contributed by atoms with Gasteiger partial charge in [-0.2, -0.15) is 0 Å². The summed E-state index contributed by atoms with van der Waals surface area (Å²) in [5.41, 5.74) is 3.10. The van der Waals surface area contributed by atoms with Crippen LogP contribution in [0.2, 0.25) is 0 Å². The van der Waals surface area contributed by atoms with E-state index in [0.717, 1.165) is 17.8 Å². The number of nitrogens with one attached hydrogen (secondary N) is 1. The minimum atomic E-state index is -0.169. The molecule has 0 aliphatic carbocycles. The summed E-state index contributed by atoms with van der Waals surface area (Å²) in [5, 5.41) is 2.82. The molecule has 0 unspecified atom stereocenters. The van der Waals surface area contributed by atoms with Gasteiger partial charge in [0.15, 0.2) is 6.61 Å². The Labute approximate surface area is 131 Å². The third-order valence-corrected chi connectivity index (χ3v) is 3.37. The Morgan fingerprint density at radius 2 is 1.68 bits per heavy atom. The first-order valence-corrected chi connectivity index (χ1v) is 7.37. The van der Waals surface area contributed by atoms with Gasteiger partial charge in [-0.25, -0.2) is 0 Å². The van der Waals surface area contributed by atoms with Crippen molar-refractivity contribution < 1.29 is 9.53 Å². The lowest BCUT2D eigenvalue weighted by atomic mass is 10.2. The molecule has 0 heterocycles. The SMILES string of the molecule is CCc1ccc(OCC(=O)Nc2ccc(N(C)C)cc2)cc1. The zero-order valence-electron chi connectivity index (χ0n) is 13.3. The van der Waals surface area contributed by atoms with Gasteiger partial charge in [0.2, 0.25) is 0 Å². The first-order chi connectivity index (χ1) is 10.6. The molecule has 116 valence electrons. The number of amides is 1. The minimum absolute atomic E-state index is 0.000896. The number of aryl methyl sites for hydroxylation is 1. The Bertz CT molecular complexity index is 604. The molecule has 1 amide bonds. The molecule has 22 heavy (non-hydrogen) atoms. The Balaban J connectivity index is 1.84. The maximum atomic E-state index is 11.9. The standard InChI is InChI=1S/C18H22N2O2/c1-4-14-5-11-17(12-6-14)22-13-18(21)19-15-7-9-16(10-8-15)20(2)3/h5-12H,4,13H2,1-3H3,(H,19,21). The molecule has 0 bridgehead atoms. The Kier molecular flexibility index (Phi) is 5.42. The van der Waals surface area contributed by atoms with E-state index in [1.54, 1.807) is 0 Å². The summed E-state index contributed by atoms with van der Waals surface area (Å²) in [7, 11) is 3.95. The van der Waals surface area contributed by atoms with E-state index in [-0.39, 0.29) is 12.5 Å². The molecule has 2 aromatic rings. The number of hydrogen-bond donors (Lipinski definition) is 1. The molecule has 0 saturated heterocycles. The molecular formula is C18H22N2O2. The van der Waals surface area contributed by atoms with Crippen LogP contribution in [0, 0.1) is 0 Å². The van der Waals surface area contributed by atoms with E-state index in [4.69, 9.17) is 4.74 Å². The Hall–Kier alpha value is -2.49. The third-order valence-electron chi connectivity index (χ3n) is 3.37. The smallest absolute Gasteiger partial charge is 0.262 e. The average Bonchev–Trinajstić information content (AvgIpc) is 2.54. The van der Waals surface area contributed by atoms with Crippen LogP contribution in [0.4, 0.5) is 11.4 Å². The van der Waals surface area contributed by atoms with E-state index in [2.05, 4.69) is 12.2 Å². The van der Waals surface area contributed by atoms with Crippen molar-refractivity contribution in [1.82, 2.24) is 0 Å². The lowest BCUT2D eigenvalue weighted by Gasteiger charge is -2.13. The van der Waals surface area contributed by atoms with Gasteiger partial charge in [0, 0.05) is 25.5 Å². The number of hydrogen-bond acceptors (Lipinski definition) is 3. The first kappa shape index (κ1) is 15.9. The van der Waals surface area contributed by atoms with Crippen molar-refractivity contribution in [3.63, 3.8) is 0 Å². The lowest BCUT2D eigenvalue weighted by Crippen LogP contribution is -2.20. The monoisotopic (exact) mass is 298 g/mol. The van der Waals surface area contributed by atoms with Gasteiger partial charge in [-0.3, -0.25) is 4.79 Å². The Morgan fingerprint density at radius 3 is 2.23 bits per heavy atom. The zero-order valence-corrected chi connectivity index (χ0v) is 13.3. The number of carbonyl (C=O) groups excluding carboxylic acids is 1. The summed E-state index contributed by atoms with van der Waals surface area (Å²) in [4.78, 5) is 13.9. The fourth-order valence-corrected chi connectivity index (χ4v) is 2.01. The van der Waals surface area contributed by atoms with Crippen LogP contribution in [-0.2, 0) is 11.2 Å². The van der Waals surface area contributed by atoms with Crippen molar-refractivity contribution >= 4 is 17.3 Å². The van der Waals surface area contributed by atoms with Gasteiger partial charge < -0.3 is 15.0 Å². The highest BCUT2D eigenvalue weighted by molar-refractivity contribution is 5.92. The maximum Gasteiger partial charge on any atom is 0.262 e. The average molecular weight is 298 g/mol. The predicted molar refractivity (Wildman–Crippen MR) is 90.7 cm³/mol. The van der Waals surface area contributed by atoms with Crippen LogP contribution >= 0.6 is 0 Å². The van der Waals surface area contributed by atoms with E-state index in [9.17, 15) is 4.79 Å². The van der Waals surface area contributed by atoms with Gasteiger partial charge >= 0.3 is 0 Å². The fourth-order valence-electron chi connectivity index (χ4n) is 2.01. The highest BCUT2D eigenvalue weighted by Gasteiger charge is 2.04. The molecule has 0 spiro atoms. The van der Waals surface area contributed by atoms with Crippen molar-refractivity contribution in [2.24, 2.45) is 0 Å². The molecule has 2 rings (SSSR count). The number of ether oxygens (including phenoxy) is 1. The Morgan fingerprint density at radius 1 is 1.05 bits per heavy atom. The number of carbonyl (C=O) groups is 1.